The Morgan fingerprint density at radius 2 is 1.74 bits per heavy atom. The maximum atomic E-state index is 13.2. The number of aromatic nitrogens is 4. The summed E-state index contributed by atoms with van der Waals surface area (Å²) in [6.07, 6.45) is 0. The summed E-state index contributed by atoms with van der Waals surface area (Å²) in [6.45, 7) is 2.00. The number of aryl methyl sites for hydroxylation is 1. The molecule has 0 saturated heterocycles. The highest BCUT2D eigenvalue weighted by molar-refractivity contribution is 5.92. The van der Waals surface area contributed by atoms with Crippen LogP contribution in [0, 0.1) is 6.92 Å². The topological polar surface area (TPSA) is 83.0 Å². The van der Waals surface area contributed by atoms with E-state index in [-0.39, 0.29) is 11.4 Å². The smallest absolute Gasteiger partial charge is 0.279 e. The molecule has 7 nitrogen and oxygen atoms in total. The van der Waals surface area contributed by atoms with Gasteiger partial charge in [0.2, 0.25) is 5.82 Å². The standard InChI is InChI=1S/C24H18N4O3/c1-15-7-5-8-16(13-15)22-25-23(31-27-22)21-19-11-3-4-12-20(19)24(29)28(26-21)17-9-6-10-18(14-17)30-2/h3-14H,1-2H3. The van der Waals surface area contributed by atoms with Crippen molar-refractivity contribution in [2.24, 2.45) is 0 Å². The van der Waals surface area contributed by atoms with Gasteiger partial charge in [0.1, 0.15) is 5.75 Å². The fourth-order valence-corrected chi connectivity index (χ4v) is 3.49. The van der Waals surface area contributed by atoms with Crippen LogP contribution in [0.3, 0.4) is 0 Å². The average molecular weight is 410 g/mol. The molecule has 2 aromatic heterocycles. The van der Waals surface area contributed by atoms with Crippen molar-refractivity contribution in [2.45, 2.75) is 6.92 Å². The lowest BCUT2D eigenvalue weighted by Gasteiger charge is -2.10. The quantitative estimate of drug-likeness (QED) is 0.436. The molecule has 0 saturated carbocycles. The molecule has 0 aliphatic rings. The fourth-order valence-electron chi connectivity index (χ4n) is 3.49. The van der Waals surface area contributed by atoms with E-state index in [9.17, 15) is 4.79 Å². The van der Waals surface area contributed by atoms with Gasteiger partial charge in [0.15, 0.2) is 5.69 Å². The second-order valence-corrected chi connectivity index (χ2v) is 7.11. The first-order valence-corrected chi connectivity index (χ1v) is 9.71. The van der Waals surface area contributed by atoms with Crippen molar-refractivity contribution in [1.29, 1.82) is 0 Å². The van der Waals surface area contributed by atoms with Crippen molar-refractivity contribution in [3.63, 3.8) is 0 Å². The Balaban J connectivity index is 1.72. The Hall–Kier alpha value is -4.26. The van der Waals surface area contributed by atoms with Gasteiger partial charge >= 0.3 is 0 Å². The first-order valence-electron chi connectivity index (χ1n) is 9.71. The molecule has 0 atom stereocenters. The Morgan fingerprint density at radius 3 is 2.55 bits per heavy atom. The molecule has 0 radical (unpaired) electrons. The summed E-state index contributed by atoms with van der Waals surface area (Å²) in [6, 6.07) is 22.3. The molecule has 0 bridgehead atoms. The lowest BCUT2D eigenvalue weighted by atomic mass is 10.1. The molecule has 0 amide bonds. The van der Waals surface area contributed by atoms with E-state index in [0.29, 0.717) is 33.7 Å². The summed E-state index contributed by atoms with van der Waals surface area (Å²) in [4.78, 5) is 17.7. The molecule has 152 valence electrons. The molecular formula is C24H18N4O3. The maximum Gasteiger partial charge on any atom is 0.279 e. The molecule has 7 heteroatoms. The molecule has 0 N–H and O–H groups in total. The third-order valence-electron chi connectivity index (χ3n) is 5.01. The number of rotatable bonds is 4. The van der Waals surface area contributed by atoms with Crippen LogP contribution in [0.4, 0.5) is 0 Å². The minimum Gasteiger partial charge on any atom is -0.497 e. The Morgan fingerprint density at radius 1 is 0.935 bits per heavy atom. The molecular weight excluding hydrogens is 392 g/mol. The highest BCUT2D eigenvalue weighted by atomic mass is 16.5. The number of hydrogen-bond donors (Lipinski definition) is 0. The van der Waals surface area contributed by atoms with Crippen molar-refractivity contribution >= 4 is 10.8 Å². The van der Waals surface area contributed by atoms with Crippen LogP contribution in [0.5, 0.6) is 5.75 Å². The van der Waals surface area contributed by atoms with Crippen LogP contribution in [0.25, 0.3) is 39.4 Å². The van der Waals surface area contributed by atoms with Crippen LogP contribution in [0.15, 0.2) is 82.1 Å². The van der Waals surface area contributed by atoms with Gasteiger partial charge in [-0.05, 0) is 31.2 Å². The third kappa shape index (κ3) is 3.36. The predicted molar refractivity (Wildman–Crippen MR) is 117 cm³/mol. The van der Waals surface area contributed by atoms with E-state index in [4.69, 9.17) is 9.26 Å². The van der Waals surface area contributed by atoms with Gasteiger partial charge in [-0.2, -0.15) is 14.8 Å². The van der Waals surface area contributed by atoms with Crippen LogP contribution >= 0.6 is 0 Å². The number of hydrogen-bond acceptors (Lipinski definition) is 6. The van der Waals surface area contributed by atoms with Crippen LogP contribution in [-0.2, 0) is 0 Å². The second kappa shape index (κ2) is 7.53. The third-order valence-corrected chi connectivity index (χ3v) is 5.01. The first-order chi connectivity index (χ1) is 15.1. The van der Waals surface area contributed by atoms with Crippen molar-refractivity contribution in [3.05, 3.63) is 88.7 Å². The summed E-state index contributed by atoms with van der Waals surface area (Å²) in [7, 11) is 1.58. The monoisotopic (exact) mass is 410 g/mol. The van der Waals surface area contributed by atoms with Gasteiger partial charge in [-0.15, -0.1) is 0 Å². The molecule has 0 aliphatic carbocycles. The van der Waals surface area contributed by atoms with Gasteiger partial charge < -0.3 is 9.26 Å². The van der Waals surface area contributed by atoms with Crippen LogP contribution in [0.1, 0.15) is 5.56 Å². The minimum absolute atomic E-state index is 0.240. The summed E-state index contributed by atoms with van der Waals surface area (Å²) < 4.78 is 12.2. The number of fused-ring (bicyclic) bond motifs is 1. The number of ether oxygens (including phenoxy) is 1. The van der Waals surface area contributed by atoms with Gasteiger partial charge in [0.05, 0.1) is 18.2 Å². The zero-order valence-electron chi connectivity index (χ0n) is 16.9. The zero-order valence-corrected chi connectivity index (χ0v) is 16.9. The number of methoxy groups -OCH3 is 1. The van der Waals surface area contributed by atoms with Gasteiger partial charge in [-0.1, -0.05) is 53.2 Å². The van der Waals surface area contributed by atoms with Crippen molar-refractivity contribution in [1.82, 2.24) is 19.9 Å². The van der Waals surface area contributed by atoms with E-state index >= 15 is 0 Å². The van der Waals surface area contributed by atoms with E-state index in [1.807, 2.05) is 55.5 Å². The minimum atomic E-state index is -0.244. The number of nitrogens with zero attached hydrogens (tertiary/aromatic N) is 4. The average Bonchev–Trinajstić information content (AvgIpc) is 3.30. The van der Waals surface area contributed by atoms with E-state index in [1.54, 1.807) is 31.4 Å². The maximum absolute atomic E-state index is 13.2. The Kier molecular flexibility index (Phi) is 4.55. The molecule has 0 spiro atoms. The van der Waals surface area contributed by atoms with Crippen LogP contribution in [0.2, 0.25) is 0 Å². The summed E-state index contributed by atoms with van der Waals surface area (Å²) >= 11 is 0. The van der Waals surface area contributed by atoms with E-state index in [0.717, 1.165) is 11.1 Å². The second-order valence-electron chi connectivity index (χ2n) is 7.11. The summed E-state index contributed by atoms with van der Waals surface area (Å²) in [5.41, 5.74) is 2.71. The lowest BCUT2D eigenvalue weighted by Crippen LogP contribution is -2.22. The number of benzene rings is 3. The molecule has 5 aromatic rings. The van der Waals surface area contributed by atoms with Gasteiger partial charge in [-0.3, -0.25) is 4.79 Å². The molecule has 0 unspecified atom stereocenters. The highest BCUT2D eigenvalue weighted by Crippen LogP contribution is 2.27. The molecule has 0 aliphatic heterocycles. The van der Waals surface area contributed by atoms with Gasteiger partial charge in [0.25, 0.3) is 11.4 Å². The summed E-state index contributed by atoms with van der Waals surface area (Å²) in [5.74, 6) is 1.33. The van der Waals surface area contributed by atoms with Crippen LogP contribution < -0.4 is 10.3 Å². The van der Waals surface area contributed by atoms with Gasteiger partial charge in [0, 0.05) is 17.0 Å². The Bertz CT molecular complexity index is 1470. The molecule has 5 rings (SSSR count). The van der Waals surface area contributed by atoms with Crippen molar-refractivity contribution in [3.8, 4) is 34.4 Å². The molecule has 2 heterocycles. The van der Waals surface area contributed by atoms with E-state index in [1.165, 1.54) is 4.68 Å². The first kappa shape index (κ1) is 18.7. The van der Waals surface area contributed by atoms with E-state index < -0.39 is 0 Å². The van der Waals surface area contributed by atoms with Gasteiger partial charge in [-0.25, -0.2) is 0 Å². The van der Waals surface area contributed by atoms with E-state index in [2.05, 4.69) is 15.2 Å². The largest absolute Gasteiger partial charge is 0.497 e. The normalized spacial score (nSPS) is 11.0. The van der Waals surface area contributed by atoms with Crippen molar-refractivity contribution in [2.75, 3.05) is 7.11 Å². The molecule has 31 heavy (non-hydrogen) atoms. The zero-order chi connectivity index (χ0) is 21.4. The van der Waals surface area contributed by atoms with Crippen molar-refractivity contribution < 1.29 is 9.26 Å². The molecule has 3 aromatic carbocycles. The molecule has 0 fully saturated rings. The highest BCUT2D eigenvalue weighted by Gasteiger charge is 2.19. The summed E-state index contributed by atoms with van der Waals surface area (Å²) in [5, 5.41) is 9.87. The van der Waals surface area contributed by atoms with Crippen LogP contribution in [-0.4, -0.2) is 27.0 Å². The Labute approximate surface area is 177 Å². The fraction of sp³-hybridized carbons (Fsp3) is 0.0833. The SMILES string of the molecule is COc1cccc(-n2nc(-c3nc(-c4cccc(C)c4)no3)c3ccccc3c2=O)c1. The lowest BCUT2D eigenvalue weighted by molar-refractivity contribution is 0.414. The predicted octanol–water partition coefficient (Wildman–Crippen LogP) is 4.42.